The lowest BCUT2D eigenvalue weighted by atomic mass is 9.87. The van der Waals surface area contributed by atoms with E-state index >= 15 is 0 Å². The fourth-order valence-electron chi connectivity index (χ4n) is 9.62. The third-order valence-electron chi connectivity index (χ3n) is 12.9. The van der Waals surface area contributed by atoms with E-state index < -0.39 is 12.1 Å². The number of benzene rings is 3. The summed E-state index contributed by atoms with van der Waals surface area (Å²) in [6.45, 7) is 5.95. The Kier molecular flexibility index (Phi) is 12.8. The van der Waals surface area contributed by atoms with Crippen LogP contribution in [-0.4, -0.2) is 98.6 Å². The van der Waals surface area contributed by atoms with Crippen LogP contribution in [-0.2, 0) is 38.8 Å². The number of hydrogen-bond donors (Lipinski definition) is 4. The minimum absolute atomic E-state index is 0. The monoisotopic (exact) mass is 836 g/mol. The molecule has 7 heterocycles. The Balaban J connectivity index is 0.000000186. The normalized spacial score (nSPS) is 22.3. The molecule has 15 heteroatoms. The smallest absolute Gasteiger partial charge is 0.255 e. The highest BCUT2D eigenvalue weighted by Crippen LogP contribution is 2.35. The summed E-state index contributed by atoms with van der Waals surface area (Å²) in [5, 5.41) is 16.4. The van der Waals surface area contributed by atoms with Crippen molar-refractivity contribution in [1.29, 1.82) is 0 Å². The largest absolute Gasteiger partial charge is 0.322 e. The van der Waals surface area contributed by atoms with Crippen molar-refractivity contribution in [1.82, 2.24) is 40.8 Å². The number of nitrogens with zero attached hydrogens (tertiary/aromatic N) is 4. The molecule has 4 fully saturated rings. The summed E-state index contributed by atoms with van der Waals surface area (Å²) in [6.07, 6.45) is 7.60. The molecule has 0 saturated carbocycles. The first-order chi connectivity index (χ1) is 28.2. The van der Waals surface area contributed by atoms with Crippen LogP contribution < -0.4 is 16.0 Å². The van der Waals surface area contributed by atoms with E-state index in [1.807, 2.05) is 18.3 Å². The van der Waals surface area contributed by atoms with Gasteiger partial charge in [0, 0.05) is 49.0 Å². The Morgan fingerprint density at radius 3 is 1.70 bits per heavy atom. The van der Waals surface area contributed by atoms with Gasteiger partial charge in [0.1, 0.15) is 12.1 Å². The number of amides is 6. The van der Waals surface area contributed by atoms with Gasteiger partial charge in [-0.1, -0.05) is 43.8 Å². The van der Waals surface area contributed by atoms with Gasteiger partial charge in [-0.05, 0) is 123 Å². The summed E-state index contributed by atoms with van der Waals surface area (Å²) in [4.78, 5) is 78.5. The predicted molar refractivity (Wildman–Crippen MR) is 227 cm³/mol. The van der Waals surface area contributed by atoms with Gasteiger partial charge in [-0.3, -0.25) is 49.4 Å². The molecule has 0 aliphatic carbocycles. The second-order valence-electron chi connectivity index (χ2n) is 16.5. The molecule has 1 aromatic heterocycles. The highest BCUT2D eigenvalue weighted by Gasteiger charge is 2.41. The fraction of sp³-hybridized carbons (Fsp3) is 0.444. The summed E-state index contributed by atoms with van der Waals surface area (Å²) < 4.78 is 0. The van der Waals surface area contributed by atoms with Gasteiger partial charge in [0.15, 0.2) is 0 Å². The van der Waals surface area contributed by atoms with Gasteiger partial charge in [0.2, 0.25) is 23.6 Å². The van der Waals surface area contributed by atoms with Crippen LogP contribution in [0.3, 0.4) is 0 Å². The van der Waals surface area contributed by atoms with E-state index in [-0.39, 0.29) is 68.1 Å². The molecule has 0 radical (unpaired) electrons. The van der Waals surface area contributed by atoms with E-state index in [0.29, 0.717) is 48.9 Å². The summed E-state index contributed by atoms with van der Waals surface area (Å²) in [7, 11) is 0. The summed E-state index contributed by atoms with van der Waals surface area (Å²) in [6, 6.07) is 17.6. The number of fused-ring (bicyclic) bond motifs is 3. The minimum Gasteiger partial charge on any atom is -0.322 e. The molecule has 2 unspecified atom stereocenters. The molecule has 2 atom stereocenters. The average Bonchev–Trinajstić information content (AvgIpc) is 3.93. The van der Waals surface area contributed by atoms with Crippen molar-refractivity contribution in [2.75, 3.05) is 26.2 Å². The van der Waals surface area contributed by atoms with Crippen LogP contribution in [0.4, 0.5) is 0 Å². The van der Waals surface area contributed by atoms with Crippen LogP contribution in [0.15, 0.2) is 60.8 Å². The van der Waals surface area contributed by atoms with Crippen LogP contribution in [0.25, 0.3) is 10.9 Å². The molecule has 316 valence electrons. The Labute approximate surface area is 355 Å². The van der Waals surface area contributed by atoms with Gasteiger partial charge in [-0.2, -0.15) is 5.10 Å². The number of piperidine rings is 4. The quantitative estimate of drug-likeness (QED) is 0.201. The Bertz CT molecular complexity index is 2320. The van der Waals surface area contributed by atoms with Crippen LogP contribution in [0, 0.1) is 0 Å². The van der Waals surface area contributed by atoms with Gasteiger partial charge in [-0.25, -0.2) is 0 Å². The molecule has 6 amide bonds. The third kappa shape index (κ3) is 8.59. The second kappa shape index (κ2) is 18.0. The zero-order chi connectivity index (χ0) is 39.9. The fourth-order valence-corrected chi connectivity index (χ4v) is 9.62. The first-order valence-electron chi connectivity index (χ1n) is 20.6. The van der Waals surface area contributed by atoms with E-state index in [1.54, 1.807) is 9.80 Å². The molecule has 6 aliphatic rings. The number of hydrogen-bond acceptors (Lipinski definition) is 9. The van der Waals surface area contributed by atoms with Crippen molar-refractivity contribution in [3.05, 3.63) is 99.7 Å². The molecule has 6 aliphatic heterocycles. The number of aromatic nitrogens is 2. The molecule has 60 heavy (non-hydrogen) atoms. The molecule has 3 aromatic carbocycles. The molecule has 10 rings (SSSR count). The first kappa shape index (κ1) is 42.7. The van der Waals surface area contributed by atoms with Crippen LogP contribution in [0.2, 0.25) is 0 Å². The van der Waals surface area contributed by atoms with Crippen molar-refractivity contribution in [3.63, 3.8) is 0 Å². The number of carbonyl (C=O) groups is 6. The SMILES string of the molecule is C.Cl.O=C1CCC(N2Cc3cc(C4CCN(Cc5ccc6cn[nH]c6c5)CC4)ccc3C2=O)C(=O)N1.O=C1CCC(N2Cc3cc(C4CCNCC4)ccc3C2=O)C(=O)N1. The van der Waals surface area contributed by atoms with Gasteiger partial charge < -0.3 is 15.1 Å². The number of rotatable bonds is 6. The molecule has 4 aromatic rings. The Morgan fingerprint density at radius 2 is 1.17 bits per heavy atom. The number of halogens is 1. The van der Waals surface area contributed by atoms with Crippen molar-refractivity contribution in [2.24, 2.45) is 0 Å². The molecule has 0 spiro atoms. The highest BCUT2D eigenvalue weighted by molar-refractivity contribution is 6.06. The van der Waals surface area contributed by atoms with Crippen LogP contribution in [0.5, 0.6) is 0 Å². The standard InChI is InChI=1S/C26H27N5O3.C18H21N3O3.CH4.ClH/c32-24-6-5-23(25(33)28-24)31-15-20-12-18(3-4-21(20)26(31)34)17-7-9-30(10-8-17)14-16-1-2-19-13-27-29-22(19)11-16;22-16-4-3-15(17(23)20-16)21-10-13-9-12(1-2-14(13)18(21)24)11-5-7-19-8-6-11;;/h1-4,11-13,17,23H,5-10,14-15H2,(H,27,29)(H,28,32,33);1-2,9,11,15,19H,3-8,10H2,(H,20,22,23);1H4;1H. The van der Waals surface area contributed by atoms with Crippen LogP contribution >= 0.6 is 12.4 Å². The maximum absolute atomic E-state index is 12.9. The van der Waals surface area contributed by atoms with Crippen molar-refractivity contribution < 1.29 is 28.8 Å². The molecule has 14 nitrogen and oxygen atoms in total. The summed E-state index contributed by atoms with van der Waals surface area (Å²) >= 11 is 0. The van der Waals surface area contributed by atoms with E-state index in [4.69, 9.17) is 0 Å². The topological polar surface area (TPSA) is 177 Å². The molecular formula is C45H53ClN8O6. The van der Waals surface area contributed by atoms with Gasteiger partial charge in [0.05, 0.1) is 11.7 Å². The number of H-pyrrole nitrogens is 1. The lowest BCUT2D eigenvalue weighted by Gasteiger charge is -2.32. The van der Waals surface area contributed by atoms with Crippen molar-refractivity contribution >= 4 is 58.8 Å². The highest BCUT2D eigenvalue weighted by atomic mass is 35.5. The average molecular weight is 837 g/mol. The molecule has 4 saturated heterocycles. The number of likely N-dealkylation sites (tertiary alicyclic amines) is 1. The molecule has 0 bridgehead atoms. The molecular weight excluding hydrogens is 784 g/mol. The number of nitrogens with one attached hydrogen (secondary N) is 4. The zero-order valence-corrected chi connectivity index (χ0v) is 33.7. The summed E-state index contributed by atoms with van der Waals surface area (Å²) in [5.74, 6) is -0.443. The third-order valence-corrected chi connectivity index (χ3v) is 12.9. The van der Waals surface area contributed by atoms with E-state index in [9.17, 15) is 28.8 Å². The zero-order valence-electron chi connectivity index (χ0n) is 32.8. The lowest BCUT2D eigenvalue weighted by molar-refractivity contribution is -0.138. The van der Waals surface area contributed by atoms with E-state index in [0.717, 1.165) is 80.4 Å². The Morgan fingerprint density at radius 1 is 0.633 bits per heavy atom. The first-order valence-corrected chi connectivity index (χ1v) is 20.6. The summed E-state index contributed by atoms with van der Waals surface area (Å²) in [5.41, 5.74) is 8.29. The second-order valence-corrected chi connectivity index (χ2v) is 16.5. The minimum atomic E-state index is -0.565. The van der Waals surface area contributed by atoms with Gasteiger partial charge in [0.25, 0.3) is 11.8 Å². The van der Waals surface area contributed by atoms with Gasteiger partial charge >= 0.3 is 0 Å². The maximum atomic E-state index is 12.9. The van der Waals surface area contributed by atoms with Crippen molar-refractivity contribution in [3.8, 4) is 0 Å². The number of imide groups is 2. The predicted octanol–water partition coefficient (Wildman–Crippen LogP) is 4.68. The lowest BCUT2D eigenvalue weighted by Crippen LogP contribution is -2.52. The maximum Gasteiger partial charge on any atom is 0.255 e. The number of aromatic amines is 1. The van der Waals surface area contributed by atoms with Crippen molar-refractivity contribution in [2.45, 2.75) is 102 Å². The van der Waals surface area contributed by atoms with Gasteiger partial charge in [-0.15, -0.1) is 12.4 Å². The van der Waals surface area contributed by atoms with Crippen LogP contribution in [0.1, 0.15) is 119 Å². The van der Waals surface area contributed by atoms with E-state index in [1.165, 1.54) is 16.7 Å². The van der Waals surface area contributed by atoms with E-state index in [2.05, 4.69) is 73.5 Å². The number of carbonyl (C=O) groups excluding carboxylic acids is 6. The molecule has 4 N–H and O–H groups in total. The Hall–Kier alpha value is -5.44.